The molecular formula is C30H40N2O5Si. The highest BCUT2D eigenvalue weighted by atomic mass is 28.3. The van der Waals surface area contributed by atoms with Crippen LogP contribution in [0.2, 0.25) is 18.6 Å². The summed E-state index contributed by atoms with van der Waals surface area (Å²) in [7, 11) is -0.532. The third kappa shape index (κ3) is 4.36. The Hall–Kier alpha value is -2.68. The van der Waals surface area contributed by atoms with E-state index in [9.17, 15) is 14.7 Å². The molecule has 3 aliphatic heterocycles. The highest BCUT2D eigenvalue weighted by Gasteiger charge is 2.64. The number of carbonyl (C=O) groups is 2. The molecule has 7 nitrogen and oxygen atoms in total. The number of fused-ring (bicyclic) bond motifs is 2. The third-order valence-electron chi connectivity index (χ3n) is 9.12. The molecule has 8 heteroatoms. The maximum atomic E-state index is 13.8. The van der Waals surface area contributed by atoms with Crippen molar-refractivity contribution in [2.45, 2.75) is 75.8 Å². The number of nitrogens with zero attached hydrogens (tertiary/aromatic N) is 1. The minimum Gasteiger partial charge on any atom is -0.497 e. The molecule has 0 aliphatic carbocycles. The summed E-state index contributed by atoms with van der Waals surface area (Å²) >= 11 is 0. The van der Waals surface area contributed by atoms with Crippen molar-refractivity contribution >= 4 is 36.4 Å². The number of methoxy groups -OCH3 is 1. The molecule has 0 bridgehead atoms. The molecule has 2 fully saturated rings. The fourth-order valence-corrected chi connectivity index (χ4v) is 11.2. The minimum absolute atomic E-state index is 0.00610. The van der Waals surface area contributed by atoms with Crippen LogP contribution in [0.5, 0.6) is 5.75 Å². The van der Waals surface area contributed by atoms with Gasteiger partial charge in [0.2, 0.25) is 5.91 Å². The lowest BCUT2D eigenvalue weighted by atomic mass is 9.82. The van der Waals surface area contributed by atoms with Crippen LogP contribution in [-0.4, -0.2) is 51.4 Å². The van der Waals surface area contributed by atoms with Crippen LogP contribution < -0.4 is 20.1 Å². The van der Waals surface area contributed by atoms with Gasteiger partial charge >= 0.3 is 0 Å². The van der Waals surface area contributed by atoms with Gasteiger partial charge in [0.25, 0.3) is 5.91 Å². The van der Waals surface area contributed by atoms with E-state index in [2.05, 4.69) is 37.5 Å². The lowest BCUT2D eigenvalue weighted by Gasteiger charge is -2.37. The Morgan fingerprint density at radius 1 is 1.11 bits per heavy atom. The minimum atomic E-state index is -2.20. The SMILES string of the molecule is COc1ccc([Si](C)(C)[C@@H]2[C@@H](CCO)O[C@]3(C(=O)Nc4ccc(N5CCCCCCC5=O)cc43)[C@H]2C)cc1. The van der Waals surface area contributed by atoms with Crippen LogP contribution in [0.4, 0.5) is 11.4 Å². The molecule has 2 aromatic rings. The molecule has 4 atom stereocenters. The molecule has 0 unspecified atom stereocenters. The smallest absolute Gasteiger partial charge is 0.261 e. The topological polar surface area (TPSA) is 88.1 Å². The Balaban J connectivity index is 1.56. The highest BCUT2D eigenvalue weighted by molar-refractivity contribution is 6.91. The van der Waals surface area contributed by atoms with Gasteiger partial charge in [-0.2, -0.15) is 0 Å². The van der Waals surface area contributed by atoms with Gasteiger partial charge in [-0.3, -0.25) is 9.59 Å². The molecule has 3 heterocycles. The first kappa shape index (κ1) is 26.9. The maximum Gasteiger partial charge on any atom is 0.261 e. The molecule has 38 heavy (non-hydrogen) atoms. The van der Waals surface area contributed by atoms with Gasteiger partial charge in [-0.1, -0.05) is 50.2 Å². The van der Waals surface area contributed by atoms with Crippen molar-refractivity contribution in [1.29, 1.82) is 0 Å². The lowest BCUT2D eigenvalue weighted by molar-refractivity contribution is -0.143. The predicted molar refractivity (Wildman–Crippen MR) is 152 cm³/mol. The van der Waals surface area contributed by atoms with Crippen LogP contribution >= 0.6 is 0 Å². The van der Waals surface area contributed by atoms with E-state index in [1.807, 2.05) is 35.2 Å². The molecule has 0 aromatic heterocycles. The fourth-order valence-electron chi connectivity index (χ4n) is 7.12. The summed E-state index contributed by atoms with van der Waals surface area (Å²) in [5.74, 6) is 0.678. The van der Waals surface area contributed by atoms with Crippen LogP contribution in [0.3, 0.4) is 0 Å². The first-order valence-corrected chi connectivity index (χ1v) is 17.0. The first-order valence-electron chi connectivity index (χ1n) is 13.9. The van der Waals surface area contributed by atoms with E-state index in [4.69, 9.17) is 9.47 Å². The van der Waals surface area contributed by atoms with Crippen LogP contribution in [0.1, 0.15) is 51.0 Å². The van der Waals surface area contributed by atoms with E-state index in [-0.39, 0.29) is 36.0 Å². The number of rotatable bonds is 6. The Kier molecular flexibility index (Phi) is 7.41. The van der Waals surface area contributed by atoms with Gasteiger partial charge in [0.05, 0.1) is 21.3 Å². The summed E-state index contributed by atoms with van der Waals surface area (Å²) in [5.41, 5.74) is 1.32. The number of nitrogens with one attached hydrogen (secondary N) is 1. The third-order valence-corrected chi connectivity index (χ3v) is 13.5. The molecule has 2 aromatic carbocycles. The fraction of sp³-hybridized carbons (Fsp3) is 0.533. The van der Waals surface area contributed by atoms with Gasteiger partial charge < -0.3 is 24.8 Å². The quantitative estimate of drug-likeness (QED) is 0.529. The monoisotopic (exact) mass is 536 g/mol. The van der Waals surface area contributed by atoms with Crippen molar-refractivity contribution in [2.75, 3.05) is 30.5 Å². The summed E-state index contributed by atoms with van der Waals surface area (Å²) in [4.78, 5) is 28.7. The second-order valence-electron chi connectivity index (χ2n) is 11.6. The number of aliphatic hydroxyl groups excluding tert-OH is 1. The molecule has 3 aliphatic rings. The van der Waals surface area contributed by atoms with Crippen LogP contribution in [-0.2, 0) is 19.9 Å². The maximum absolute atomic E-state index is 13.8. The number of hydrogen-bond acceptors (Lipinski definition) is 5. The van der Waals surface area contributed by atoms with Crippen molar-refractivity contribution in [3.8, 4) is 5.75 Å². The second kappa shape index (κ2) is 10.5. The van der Waals surface area contributed by atoms with Crippen molar-refractivity contribution in [2.24, 2.45) is 5.92 Å². The predicted octanol–water partition coefficient (Wildman–Crippen LogP) is 4.54. The normalized spacial score (nSPS) is 27.7. The highest BCUT2D eigenvalue weighted by Crippen LogP contribution is 2.58. The van der Waals surface area contributed by atoms with E-state index < -0.39 is 13.7 Å². The van der Waals surface area contributed by atoms with Gasteiger partial charge in [0, 0.05) is 42.4 Å². The number of hydrogen-bond donors (Lipinski definition) is 2. The number of benzene rings is 2. The summed E-state index contributed by atoms with van der Waals surface area (Å²) < 4.78 is 12.2. The molecule has 2 amide bonds. The Morgan fingerprint density at radius 3 is 2.55 bits per heavy atom. The lowest BCUT2D eigenvalue weighted by Crippen LogP contribution is -2.51. The van der Waals surface area contributed by atoms with Gasteiger partial charge in [-0.15, -0.1) is 0 Å². The summed E-state index contributed by atoms with van der Waals surface area (Å²) in [6, 6.07) is 14.1. The van der Waals surface area contributed by atoms with Gasteiger partial charge in [0.15, 0.2) is 5.60 Å². The zero-order valence-electron chi connectivity index (χ0n) is 23.0. The van der Waals surface area contributed by atoms with Crippen LogP contribution in [0.25, 0.3) is 0 Å². The van der Waals surface area contributed by atoms with E-state index in [0.29, 0.717) is 19.4 Å². The first-order chi connectivity index (χ1) is 18.2. The van der Waals surface area contributed by atoms with Gasteiger partial charge in [-0.05, 0) is 55.1 Å². The van der Waals surface area contributed by atoms with E-state index in [1.54, 1.807) is 7.11 Å². The average Bonchev–Trinajstić information content (AvgIpc) is 3.35. The van der Waals surface area contributed by atoms with Crippen LogP contribution in [0, 0.1) is 5.92 Å². The van der Waals surface area contributed by atoms with Crippen molar-refractivity contribution in [3.05, 3.63) is 48.0 Å². The Morgan fingerprint density at radius 2 is 1.84 bits per heavy atom. The summed E-state index contributed by atoms with van der Waals surface area (Å²) in [6.45, 7) is 7.46. The van der Waals surface area contributed by atoms with E-state index >= 15 is 0 Å². The number of amides is 2. The van der Waals surface area contributed by atoms with Crippen molar-refractivity contribution < 1.29 is 24.2 Å². The number of ether oxygens (including phenoxy) is 2. The van der Waals surface area contributed by atoms with Gasteiger partial charge in [-0.25, -0.2) is 0 Å². The zero-order chi connectivity index (χ0) is 27.1. The zero-order valence-corrected chi connectivity index (χ0v) is 24.0. The Labute approximate surface area is 226 Å². The molecule has 1 spiro atoms. The average molecular weight is 537 g/mol. The molecular weight excluding hydrogens is 496 g/mol. The molecule has 0 saturated carbocycles. The van der Waals surface area contributed by atoms with Gasteiger partial charge in [0.1, 0.15) is 5.75 Å². The molecule has 2 saturated heterocycles. The number of aliphatic hydroxyl groups is 1. The standard InChI is InChI=1S/C30H40N2O5Si/c1-20-28(38(3,4)23-13-11-22(36-2)12-14-23)26(16-18-33)37-30(20)24-19-21(10-15-25(24)31-29(30)35)32-17-8-6-5-7-9-27(32)34/h10-15,19-20,26,28,33H,5-9,16-18H2,1-4H3,(H,31,35)/t20-,26+,28-,30+/m0/s1. The molecule has 0 radical (unpaired) electrons. The molecule has 2 N–H and O–H groups in total. The second-order valence-corrected chi connectivity index (χ2v) is 16.2. The summed E-state index contributed by atoms with van der Waals surface area (Å²) in [5, 5.41) is 14.3. The van der Waals surface area contributed by atoms with E-state index in [1.165, 1.54) is 5.19 Å². The number of carbonyl (C=O) groups excluding carboxylic acids is 2. The van der Waals surface area contributed by atoms with E-state index in [0.717, 1.165) is 48.4 Å². The van der Waals surface area contributed by atoms with Crippen molar-refractivity contribution in [3.63, 3.8) is 0 Å². The van der Waals surface area contributed by atoms with Crippen molar-refractivity contribution in [1.82, 2.24) is 0 Å². The molecule has 5 rings (SSSR count). The molecule has 204 valence electrons. The summed E-state index contributed by atoms with van der Waals surface area (Å²) in [6.07, 6.45) is 4.86. The largest absolute Gasteiger partial charge is 0.497 e. The Bertz CT molecular complexity index is 1200. The number of anilines is 2. The van der Waals surface area contributed by atoms with Crippen LogP contribution in [0.15, 0.2) is 42.5 Å².